The van der Waals surface area contributed by atoms with E-state index in [-0.39, 0.29) is 18.1 Å². The van der Waals surface area contributed by atoms with E-state index in [0.717, 1.165) is 30.6 Å². The van der Waals surface area contributed by atoms with Crippen molar-refractivity contribution in [2.24, 2.45) is 0 Å². The van der Waals surface area contributed by atoms with Crippen LogP contribution >= 0.6 is 11.6 Å². The van der Waals surface area contributed by atoms with Gasteiger partial charge in [-0.05, 0) is 37.1 Å². The highest BCUT2D eigenvalue weighted by molar-refractivity contribution is 6.31. The second-order valence-electron chi connectivity index (χ2n) is 6.54. The number of hydrogen-bond acceptors (Lipinski definition) is 4. The van der Waals surface area contributed by atoms with E-state index in [1.165, 1.54) is 0 Å². The molecule has 2 aliphatic rings. The third kappa shape index (κ3) is 2.63. The van der Waals surface area contributed by atoms with E-state index in [1.54, 1.807) is 14.2 Å². The number of halogens is 1. The molecule has 2 fully saturated rings. The molecular formula is C20H21ClN2O3. The fourth-order valence-corrected chi connectivity index (χ4v) is 4.29. The molecule has 0 bridgehead atoms. The number of rotatable bonds is 4. The number of methoxy groups -OCH3 is 2. The van der Waals surface area contributed by atoms with Gasteiger partial charge in [0.25, 0.3) is 0 Å². The van der Waals surface area contributed by atoms with Crippen molar-refractivity contribution in [1.29, 1.82) is 0 Å². The lowest BCUT2D eigenvalue weighted by atomic mass is 10.1. The summed E-state index contributed by atoms with van der Waals surface area (Å²) >= 11 is 6.20. The largest absolute Gasteiger partial charge is 0.493 e. The molecule has 6 heteroatoms. The van der Waals surface area contributed by atoms with Crippen LogP contribution in [-0.2, 0) is 4.79 Å². The second kappa shape index (κ2) is 6.82. The highest BCUT2D eigenvalue weighted by atomic mass is 35.5. The molecular weight excluding hydrogens is 352 g/mol. The minimum absolute atomic E-state index is 0.102. The average Bonchev–Trinajstić information content (AvgIpc) is 3.23. The van der Waals surface area contributed by atoms with Crippen molar-refractivity contribution in [2.45, 2.75) is 25.0 Å². The predicted octanol–water partition coefficient (Wildman–Crippen LogP) is 3.87. The van der Waals surface area contributed by atoms with Gasteiger partial charge in [0.1, 0.15) is 6.17 Å². The molecule has 1 amide bonds. The van der Waals surface area contributed by atoms with E-state index in [9.17, 15) is 4.79 Å². The van der Waals surface area contributed by atoms with Crippen LogP contribution in [0.25, 0.3) is 0 Å². The fraction of sp³-hybridized carbons (Fsp3) is 0.350. The van der Waals surface area contributed by atoms with Crippen LogP contribution in [0.3, 0.4) is 0 Å². The summed E-state index contributed by atoms with van der Waals surface area (Å²) in [5, 5.41) is 0.610. The van der Waals surface area contributed by atoms with Gasteiger partial charge in [0.05, 0.1) is 20.3 Å². The molecule has 5 nitrogen and oxygen atoms in total. The molecule has 26 heavy (non-hydrogen) atoms. The summed E-state index contributed by atoms with van der Waals surface area (Å²) in [7, 11) is 3.25. The van der Waals surface area contributed by atoms with Crippen LogP contribution in [0.1, 0.15) is 24.6 Å². The van der Waals surface area contributed by atoms with Crippen molar-refractivity contribution in [2.75, 3.05) is 25.7 Å². The van der Waals surface area contributed by atoms with Crippen molar-refractivity contribution < 1.29 is 14.3 Å². The molecule has 2 aliphatic heterocycles. The van der Waals surface area contributed by atoms with Gasteiger partial charge in [-0.2, -0.15) is 0 Å². The van der Waals surface area contributed by atoms with E-state index < -0.39 is 0 Å². The summed E-state index contributed by atoms with van der Waals surface area (Å²) in [5.74, 6) is 1.43. The second-order valence-corrected chi connectivity index (χ2v) is 6.98. The zero-order valence-electron chi connectivity index (χ0n) is 14.8. The van der Waals surface area contributed by atoms with Gasteiger partial charge in [-0.1, -0.05) is 29.8 Å². The van der Waals surface area contributed by atoms with Gasteiger partial charge in [-0.25, -0.2) is 0 Å². The number of amides is 1. The fourth-order valence-electron chi connectivity index (χ4n) is 4.10. The van der Waals surface area contributed by atoms with Gasteiger partial charge in [0.2, 0.25) is 5.91 Å². The molecule has 2 saturated heterocycles. The van der Waals surface area contributed by atoms with Crippen LogP contribution in [0.15, 0.2) is 42.5 Å². The Balaban J connectivity index is 1.87. The maximum absolute atomic E-state index is 13.2. The van der Waals surface area contributed by atoms with Crippen LogP contribution in [0, 0.1) is 0 Å². The quantitative estimate of drug-likeness (QED) is 0.817. The Hall–Kier alpha value is -2.24. The van der Waals surface area contributed by atoms with Gasteiger partial charge in [0, 0.05) is 22.8 Å². The molecule has 0 saturated carbocycles. The molecule has 2 atom stereocenters. The van der Waals surface area contributed by atoms with Gasteiger partial charge in [-0.15, -0.1) is 0 Å². The third-order valence-corrected chi connectivity index (χ3v) is 5.41. The van der Waals surface area contributed by atoms with Crippen molar-refractivity contribution in [3.8, 4) is 11.5 Å². The van der Waals surface area contributed by atoms with Crippen molar-refractivity contribution in [3.63, 3.8) is 0 Å². The SMILES string of the molecule is COc1cccc([C@H]2N(c3cccc(Cl)c3)C(=O)[C@@H]3CCCN32)c1OC. The number of carbonyl (C=O) groups excluding carboxylic acids is 1. The number of fused-ring (bicyclic) bond motifs is 1. The number of hydrogen-bond donors (Lipinski definition) is 0. The standard InChI is InChI=1S/C20H21ClN2O3/c1-25-17-10-4-8-15(18(17)26-2)19-22-11-5-9-16(22)20(24)23(19)14-7-3-6-13(21)12-14/h3-4,6-8,10,12,16,19H,5,9,11H2,1-2H3/t16-,19+/m0/s1. The minimum Gasteiger partial charge on any atom is -0.493 e. The zero-order chi connectivity index (χ0) is 18.3. The number of anilines is 1. The monoisotopic (exact) mass is 372 g/mol. The Morgan fingerprint density at radius 3 is 2.65 bits per heavy atom. The summed E-state index contributed by atoms with van der Waals surface area (Å²) < 4.78 is 11.1. The Morgan fingerprint density at radius 1 is 1.12 bits per heavy atom. The lowest BCUT2D eigenvalue weighted by Crippen LogP contribution is -2.32. The molecule has 136 valence electrons. The molecule has 2 aromatic rings. The van der Waals surface area contributed by atoms with E-state index in [0.29, 0.717) is 16.5 Å². The predicted molar refractivity (Wildman–Crippen MR) is 101 cm³/mol. The first-order valence-electron chi connectivity index (χ1n) is 8.71. The van der Waals surface area contributed by atoms with Crippen LogP contribution in [-0.4, -0.2) is 37.6 Å². The molecule has 0 N–H and O–H groups in total. The first-order valence-corrected chi connectivity index (χ1v) is 9.08. The van der Waals surface area contributed by atoms with Crippen LogP contribution in [0.4, 0.5) is 5.69 Å². The Bertz CT molecular complexity index is 842. The summed E-state index contributed by atoms with van der Waals surface area (Å²) in [6.45, 7) is 0.874. The summed E-state index contributed by atoms with van der Waals surface area (Å²) in [6.07, 6.45) is 1.65. The number of nitrogens with zero attached hydrogens (tertiary/aromatic N) is 2. The van der Waals surface area contributed by atoms with Crippen LogP contribution in [0.5, 0.6) is 11.5 Å². The smallest absolute Gasteiger partial charge is 0.246 e. The molecule has 0 aliphatic carbocycles. The number of para-hydroxylation sites is 1. The maximum atomic E-state index is 13.2. The molecule has 2 heterocycles. The Labute approximate surface area is 158 Å². The topological polar surface area (TPSA) is 42.0 Å². The van der Waals surface area contributed by atoms with E-state index in [4.69, 9.17) is 21.1 Å². The highest BCUT2D eigenvalue weighted by Gasteiger charge is 2.50. The summed E-state index contributed by atoms with van der Waals surface area (Å²) in [5.41, 5.74) is 1.72. The average molecular weight is 373 g/mol. The Morgan fingerprint density at radius 2 is 1.92 bits per heavy atom. The van der Waals surface area contributed by atoms with Gasteiger partial charge >= 0.3 is 0 Å². The lowest BCUT2D eigenvalue weighted by Gasteiger charge is -2.31. The van der Waals surface area contributed by atoms with Gasteiger partial charge < -0.3 is 9.47 Å². The van der Waals surface area contributed by atoms with Crippen LogP contribution in [0.2, 0.25) is 5.02 Å². The molecule has 0 unspecified atom stereocenters. The summed E-state index contributed by atoms with van der Waals surface area (Å²) in [4.78, 5) is 17.3. The number of benzene rings is 2. The summed E-state index contributed by atoms with van der Waals surface area (Å²) in [6, 6.07) is 13.1. The normalized spacial score (nSPS) is 22.6. The highest BCUT2D eigenvalue weighted by Crippen LogP contribution is 2.47. The van der Waals surface area contributed by atoms with Crippen molar-refractivity contribution in [3.05, 3.63) is 53.1 Å². The first kappa shape index (κ1) is 17.2. The third-order valence-electron chi connectivity index (χ3n) is 5.17. The van der Waals surface area contributed by atoms with Crippen molar-refractivity contribution in [1.82, 2.24) is 4.90 Å². The van der Waals surface area contributed by atoms with Gasteiger partial charge in [-0.3, -0.25) is 14.6 Å². The molecule has 4 rings (SSSR count). The zero-order valence-corrected chi connectivity index (χ0v) is 15.6. The molecule has 0 spiro atoms. The maximum Gasteiger partial charge on any atom is 0.246 e. The van der Waals surface area contributed by atoms with E-state index >= 15 is 0 Å². The van der Waals surface area contributed by atoms with E-state index in [1.807, 2.05) is 47.4 Å². The number of carbonyl (C=O) groups is 1. The molecule has 0 aromatic heterocycles. The van der Waals surface area contributed by atoms with Crippen molar-refractivity contribution >= 4 is 23.2 Å². The Kier molecular flexibility index (Phi) is 4.51. The lowest BCUT2D eigenvalue weighted by molar-refractivity contribution is -0.119. The van der Waals surface area contributed by atoms with E-state index in [2.05, 4.69) is 4.90 Å². The first-order chi connectivity index (χ1) is 12.7. The molecule has 0 radical (unpaired) electrons. The number of ether oxygens (including phenoxy) is 2. The van der Waals surface area contributed by atoms with Gasteiger partial charge in [0.15, 0.2) is 11.5 Å². The molecule has 2 aromatic carbocycles. The van der Waals surface area contributed by atoms with Crippen LogP contribution < -0.4 is 14.4 Å². The minimum atomic E-state index is -0.237.